The lowest BCUT2D eigenvalue weighted by molar-refractivity contribution is 0.253. The second-order valence-corrected chi connectivity index (χ2v) is 5.68. The Hall–Kier alpha value is 0.140. The highest BCUT2D eigenvalue weighted by molar-refractivity contribution is 9.11. The van der Waals surface area contributed by atoms with Gasteiger partial charge in [0.05, 0.1) is 3.79 Å². The van der Waals surface area contributed by atoms with Crippen LogP contribution in [0.2, 0.25) is 0 Å². The van der Waals surface area contributed by atoms with Crippen LogP contribution in [0.1, 0.15) is 24.8 Å². The van der Waals surface area contributed by atoms with Crippen LogP contribution in [0.15, 0.2) is 15.2 Å². The predicted octanol–water partition coefficient (Wildman–Crippen LogP) is 2.89. The molecule has 0 aliphatic heterocycles. The van der Waals surface area contributed by atoms with E-state index in [4.69, 9.17) is 5.73 Å². The molecule has 2 N–H and O–H groups in total. The minimum Gasteiger partial charge on any atom is -0.330 e. The third kappa shape index (κ3) is 1.15. The fourth-order valence-corrected chi connectivity index (χ4v) is 3.47. The summed E-state index contributed by atoms with van der Waals surface area (Å²) in [5, 5.41) is 2.13. The van der Waals surface area contributed by atoms with E-state index in [0.717, 1.165) is 6.54 Å². The van der Waals surface area contributed by atoms with E-state index >= 15 is 0 Å². The molecule has 0 bridgehead atoms. The molecule has 0 atom stereocenters. The lowest BCUT2D eigenvalue weighted by Crippen LogP contribution is -2.41. The highest BCUT2D eigenvalue weighted by Gasteiger charge is 2.38. The van der Waals surface area contributed by atoms with Gasteiger partial charge in [0, 0.05) is 12.0 Å². The van der Waals surface area contributed by atoms with E-state index in [1.165, 1.54) is 28.6 Å². The van der Waals surface area contributed by atoms with Gasteiger partial charge in [0.2, 0.25) is 0 Å². The Labute approximate surface area is 85.1 Å². The highest BCUT2D eigenvalue weighted by Crippen LogP contribution is 2.46. The standard InChI is InChI=1S/C9H12BrNS/c10-8-7(2-5-12-8)9(6-11)3-1-4-9/h2,5H,1,3-4,6,11H2. The summed E-state index contributed by atoms with van der Waals surface area (Å²) in [7, 11) is 0. The number of hydrogen-bond donors (Lipinski definition) is 1. The van der Waals surface area contributed by atoms with Gasteiger partial charge in [-0.15, -0.1) is 11.3 Å². The monoisotopic (exact) mass is 245 g/mol. The molecule has 0 unspecified atom stereocenters. The summed E-state index contributed by atoms with van der Waals surface area (Å²) in [5.41, 5.74) is 7.56. The third-order valence-electron chi connectivity index (χ3n) is 2.89. The molecule has 66 valence electrons. The van der Waals surface area contributed by atoms with E-state index in [1.54, 1.807) is 11.3 Å². The Balaban J connectivity index is 2.33. The van der Waals surface area contributed by atoms with Crippen molar-refractivity contribution in [3.63, 3.8) is 0 Å². The average Bonchev–Trinajstić information content (AvgIpc) is 2.36. The first-order valence-corrected chi connectivity index (χ1v) is 5.89. The van der Waals surface area contributed by atoms with Crippen LogP contribution in [-0.2, 0) is 5.41 Å². The van der Waals surface area contributed by atoms with Crippen molar-refractivity contribution in [1.82, 2.24) is 0 Å². The maximum absolute atomic E-state index is 5.81. The van der Waals surface area contributed by atoms with Crippen molar-refractivity contribution in [3.05, 3.63) is 20.8 Å². The van der Waals surface area contributed by atoms with E-state index in [2.05, 4.69) is 27.4 Å². The van der Waals surface area contributed by atoms with Crippen molar-refractivity contribution in [2.45, 2.75) is 24.7 Å². The van der Waals surface area contributed by atoms with E-state index in [-0.39, 0.29) is 0 Å². The Kier molecular flexibility index (Phi) is 2.27. The molecule has 0 saturated heterocycles. The maximum Gasteiger partial charge on any atom is 0.0736 e. The third-order valence-corrected chi connectivity index (χ3v) is 4.58. The summed E-state index contributed by atoms with van der Waals surface area (Å²) in [5.74, 6) is 0. The molecular weight excluding hydrogens is 234 g/mol. The second kappa shape index (κ2) is 3.13. The van der Waals surface area contributed by atoms with Gasteiger partial charge in [0.25, 0.3) is 0 Å². The molecule has 1 aliphatic rings. The summed E-state index contributed by atoms with van der Waals surface area (Å²) in [4.78, 5) is 0. The summed E-state index contributed by atoms with van der Waals surface area (Å²) < 4.78 is 1.27. The van der Waals surface area contributed by atoms with Gasteiger partial charge in [-0.3, -0.25) is 0 Å². The van der Waals surface area contributed by atoms with E-state index in [0.29, 0.717) is 5.41 Å². The van der Waals surface area contributed by atoms with Crippen LogP contribution in [0.4, 0.5) is 0 Å². The molecule has 3 heteroatoms. The smallest absolute Gasteiger partial charge is 0.0736 e. The van der Waals surface area contributed by atoms with Crippen molar-refractivity contribution >= 4 is 27.3 Å². The van der Waals surface area contributed by atoms with Crippen molar-refractivity contribution in [3.8, 4) is 0 Å². The lowest BCUT2D eigenvalue weighted by Gasteiger charge is -2.41. The van der Waals surface area contributed by atoms with Gasteiger partial charge < -0.3 is 5.73 Å². The van der Waals surface area contributed by atoms with Crippen molar-refractivity contribution in [1.29, 1.82) is 0 Å². The van der Waals surface area contributed by atoms with Gasteiger partial charge in [-0.05, 0) is 45.8 Å². The Morgan fingerprint density at radius 2 is 2.33 bits per heavy atom. The molecular formula is C9H12BrNS. The lowest BCUT2D eigenvalue weighted by atomic mass is 9.65. The summed E-state index contributed by atoms with van der Waals surface area (Å²) in [6.45, 7) is 0.794. The zero-order chi connectivity index (χ0) is 8.60. The van der Waals surface area contributed by atoms with E-state index in [1.807, 2.05) is 0 Å². The van der Waals surface area contributed by atoms with Crippen LogP contribution in [-0.4, -0.2) is 6.54 Å². The fraction of sp³-hybridized carbons (Fsp3) is 0.556. The molecule has 1 aromatic rings. The Morgan fingerprint density at radius 1 is 1.58 bits per heavy atom. The molecule has 2 rings (SSSR count). The molecule has 1 saturated carbocycles. The molecule has 0 aromatic carbocycles. The first-order valence-electron chi connectivity index (χ1n) is 4.22. The topological polar surface area (TPSA) is 26.0 Å². The second-order valence-electron chi connectivity index (χ2n) is 3.45. The quantitative estimate of drug-likeness (QED) is 0.853. The zero-order valence-electron chi connectivity index (χ0n) is 6.85. The fourth-order valence-electron chi connectivity index (χ4n) is 1.86. The van der Waals surface area contributed by atoms with Crippen LogP contribution in [0.5, 0.6) is 0 Å². The van der Waals surface area contributed by atoms with Crippen molar-refractivity contribution < 1.29 is 0 Å². The minimum absolute atomic E-state index is 0.318. The first-order chi connectivity index (χ1) is 5.78. The minimum atomic E-state index is 0.318. The van der Waals surface area contributed by atoms with Crippen LogP contribution in [0, 0.1) is 0 Å². The highest BCUT2D eigenvalue weighted by atomic mass is 79.9. The number of hydrogen-bond acceptors (Lipinski definition) is 2. The van der Waals surface area contributed by atoms with Gasteiger partial charge in [-0.1, -0.05) is 6.42 Å². The van der Waals surface area contributed by atoms with E-state index in [9.17, 15) is 0 Å². The van der Waals surface area contributed by atoms with Crippen LogP contribution >= 0.6 is 27.3 Å². The molecule has 12 heavy (non-hydrogen) atoms. The Bertz CT molecular complexity index is 272. The summed E-state index contributed by atoms with van der Waals surface area (Å²) in [6.07, 6.45) is 3.86. The molecule has 0 spiro atoms. The first kappa shape index (κ1) is 8.73. The molecule has 1 nitrogen and oxygen atoms in total. The number of halogens is 1. The summed E-state index contributed by atoms with van der Waals surface area (Å²) >= 11 is 5.34. The van der Waals surface area contributed by atoms with Gasteiger partial charge in [-0.25, -0.2) is 0 Å². The molecule has 1 heterocycles. The normalized spacial score (nSPS) is 20.5. The van der Waals surface area contributed by atoms with Crippen LogP contribution < -0.4 is 5.73 Å². The maximum atomic E-state index is 5.81. The molecule has 0 radical (unpaired) electrons. The zero-order valence-corrected chi connectivity index (χ0v) is 9.25. The van der Waals surface area contributed by atoms with Gasteiger partial charge >= 0.3 is 0 Å². The molecule has 0 amide bonds. The SMILES string of the molecule is NCC1(c2ccsc2Br)CCC1. The average molecular weight is 246 g/mol. The molecule has 1 fully saturated rings. The van der Waals surface area contributed by atoms with Gasteiger partial charge in [-0.2, -0.15) is 0 Å². The van der Waals surface area contributed by atoms with Crippen LogP contribution in [0.3, 0.4) is 0 Å². The predicted molar refractivity (Wildman–Crippen MR) is 56.6 cm³/mol. The van der Waals surface area contributed by atoms with Gasteiger partial charge in [0.1, 0.15) is 0 Å². The van der Waals surface area contributed by atoms with E-state index < -0.39 is 0 Å². The number of rotatable bonds is 2. The molecule has 1 aliphatic carbocycles. The molecule has 1 aromatic heterocycles. The number of nitrogens with two attached hydrogens (primary N) is 1. The Morgan fingerprint density at radius 3 is 2.67 bits per heavy atom. The number of thiophene rings is 1. The van der Waals surface area contributed by atoms with Crippen LogP contribution in [0.25, 0.3) is 0 Å². The largest absolute Gasteiger partial charge is 0.330 e. The van der Waals surface area contributed by atoms with Gasteiger partial charge in [0.15, 0.2) is 0 Å². The van der Waals surface area contributed by atoms with Crippen molar-refractivity contribution in [2.24, 2.45) is 5.73 Å². The summed E-state index contributed by atoms with van der Waals surface area (Å²) in [6, 6.07) is 2.21. The van der Waals surface area contributed by atoms with Crippen molar-refractivity contribution in [2.75, 3.05) is 6.54 Å².